The van der Waals surface area contributed by atoms with Gasteiger partial charge in [-0.1, -0.05) is 58.1 Å². The number of carbonyl (C=O) groups is 1. The number of pyridine rings is 1. The summed E-state index contributed by atoms with van der Waals surface area (Å²) >= 11 is 0. The molecule has 1 unspecified atom stereocenters. The Hall–Kier alpha value is -5.70. The summed E-state index contributed by atoms with van der Waals surface area (Å²) in [6.07, 6.45) is 7.21. The zero-order chi connectivity index (χ0) is 55.1. The van der Waals surface area contributed by atoms with E-state index in [-0.39, 0.29) is 69.9 Å². The van der Waals surface area contributed by atoms with E-state index >= 15 is 0 Å². The summed E-state index contributed by atoms with van der Waals surface area (Å²) in [6, 6.07) is 10.7. The molecule has 5 aromatic rings. The van der Waals surface area contributed by atoms with Crippen LogP contribution in [0.25, 0.3) is 27.1 Å². The van der Waals surface area contributed by atoms with Crippen LogP contribution in [-0.2, 0) is 71.5 Å². The van der Waals surface area contributed by atoms with E-state index in [1.807, 2.05) is 0 Å². The number of aromatic nitrogens is 1. The van der Waals surface area contributed by atoms with Crippen LogP contribution in [0.4, 0.5) is 11.4 Å². The number of rotatable bonds is 17. The minimum absolute atomic E-state index is 0.0195. The maximum Gasteiger partial charge on any atom is 0.295 e. The van der Waals surface area contributed by atoms with Crippen LogP contribution in [0.1, 0.15) is 67.7 Å². The normalized spacial score (nSPS) is 17.9. The van der Waals surface area contributed by atoms with Gasteiger partial charge < -0.3 is 15.5 Å². The van der Waals surface area contributed by atoms with Gasteiger partial charge in [0.1, 0.15) is 9.79 Å². The number of nitrogens with two attached hydrogens (primary N) is 1. The summed E-state index contributed by atoms with van der Waals surface area (Å²) in [6.45, 7) is 6.53. The molecule has 2 aliphatic heterocycles. The van der Waals surface area contributed by atoms with Crippen LogP contribution in [0.5, 0.6) is 0 Å². The maximum absolute atomic E-state index is 12.7. The number of allylic oxidation sites excluding steroid dienone is 5. The van der Waals surface area contributed by atoms with Crippen LogP contribution in [-0.4, -0.2) is 119 Å². The molecule has 1 amide bonds. The first-order valence-electron chi connectivity index (χ1n) is 21.8. The van der Waals surface area contributed by atoms with Crippen molar-refractivity contribution in [2.24, 2.45) is 5.73 Å². The fourth-order valence-corrected chi connectivity index (χ4v) is 13.5. The van der Waals surface area contributed by atoms with Gasteiger partial charge in [-0.15, -0.1) is 0 Å². The minimum atomic E-state index is -5.13. The van der Waals surface area contributed by atoms with E-state index in [0.717, 1.165) is 12.1 Å². The zero-order valence-electron chi connectivity index (χ0n) is 39.3. The lowest BCUT2D eigenvalue weighted by molar-refractivity contribution is 0.0999. The lowest BCUT2D eigenvalue weighted by Crippen LogP contribution is -2.41. The van der Waals surface area contributed by atoms with E-state index in [9.17, 15) is 82.6 Å². The Morgan fingerprint density at radius 1 is 0.635 bits per heavy atom. The predicted octanol–water partition coefficient (Wildman–Crippen LogP) is 4.82. The number of benzene rings is 4. The van der Waals surface area contributed by atoms with Crippen molar-refractivity contribution < 1.29 is 82.6 Å². The fourth-order valence-electron chi connectivity index (χ4n) is 9.80. The van der Waals surface area contributed by atoms with Gasteiger partial charge in [0.25, 0.3) is 60.7 Å². The molecule has 23 nitrogen and oxygen atoms in total. The molecule has 3 heterocycles. The molecular formula is C45H48N4O19S6. The molecule has 7 rings (SSSR count). The fraction of sp³-hybridized carbons (Fsp3) is 0.289. The molecule has 0 fully saturated rings. The second kappa shape index (κ2) is 19.1. The first-order valence-corrected chi connectivity index (χ1v) is 30.7. The first-order chi connectivity index (χ1) is 33.8. The highest BCUT2D eigenvalue weighted by Gasteiger charge is 2.46. The number of carbonyl (C=O) groups excluding carboxylic acids is 1. The van der Waals surface area contributed by atoms with E-state index in [1.165, 1.54) is 42.6 Å². The average Bonchev–Trinajstić information content (AvgIpc) is 3.61. The average molecular weight is 1140 g/mol. The summed E-state index contributed by atoms with van der Waals surface area (Å²) in [5, 5.41) is -0.325. The van der Waals surface area contributed by atoms with Gasteiger partial charge in [-0.05, 0) is 94.9 Å². The number of primary amides is 1. The Morgan fingerprint density at radius 2 is 1.14 bits per heavy atom. The van der Waals surface area contributed by atoms with Crippen LogP contribution < -0.4 is 15.5 Å². The molecule has 0 spiro atoms. The monoisotopic (exact) mass is 1140 g/mol. The second-order valence-electron chi connectivity index (χ2n) is 18.6. The minimum Gasteiger partial charge on any atom is -0.366 e. The first kappa shape index (κ1) is 56.0. The van der Waals surface area contributed by atoms with E-state index in [1.54, 1.807) is 61.8 Å². The largest absolute Gasteiger partial charge is 0.366 e. The van der Waals surface area contributed by atoms with Crippen molar-refractivity contribution in [3.63, 3.8) is 0 Å². The van der Waals surface area contributed by atoms with Gasteiger partial charge in [0.05, 0.1) is 38.6 Å². The van der Waals surface area contributed by atoms with E-state index in [0.29, 0.717) is 34.8 Å². The van der Waals surface area contributed by atoms with Gasteiger partial charge in [0, 0.05) is 58.0 Å². The molecule has 0 aliphatic carbocycles. The van der Waals surface area contributed by atoms with E-state index < -0.39 is 115 Å². The lowest BCUT2D eigenvalue weighted by Gasteiger charge is -2.32. The highest BCUT2D eigenvalue weighted by molar-refractivity contribution is 7.87. The number of hydrogen-bond donors (Lipinski definition) is 7. The van der Waals surface area contributed by atoms with Crippen molar-refractivity contribution in [3.05, 3.63) is 119 Å². The van der Waals surface area contributed by atoms with Crippen LogP contribution in [0.15, 0.2) is 116 Å². The van der Waals surface area contributed by atoms with Crippen molar-refractivity contribution in [1.82, 2.24) is 4.98 Å². The molecule has 8 N–H and O–H groups in total. The van der Waals surface area contributed by atoms with Gasteiger partial charge in [-0.25, -0.2) is 0 Å². The van der Waals surface area contributed by atoms with Crippen molar-refractivity contribution in [1.29, 1.82) is 0 Å². The Labute approximate surface area is 426 Å². The molecule has 0 radical (unpaired) electrons. The van der Waals surface area contributed by atoms with Gasteiger partial charge >= 0.3 is 0 Å². The third-order valence-corrected chi connectivity index (χ3v) is 18.0. The summed E-state index contributed by atoms with van der Waals surface area (Å²) in [5.74, 6) is -2.21. The van der Waals surface area contributed by atoms with Crippen molar-refractivity contribution in [2.75, 3.05) is 34.4 Å². The smallest absolute Gasteiger partial charge is 0.295 e. The van der Waals surface area contributed by atoms with Gasteiger partial charge in [-0.3, -0.25) is 37.1 Å². The third kappa shape index (κ3) is 11.3. The SMILES string of the molecule is CC1(C)C(=CC=C(/C=C/C2N(CCCS(=O)(=O)O)c3ccc4c(S(=O)(=O)O)cc(S(=O)(=O)O)cc4c3C2(C)C)c2ccc(C(N)=O)cn2)N(CCCS(=O)(=O)O)c2ccc3c(S(=O)(=O)O)cc(S(=O)(=O)O)cc3c21. The molecule has 1 atom stereocenters. The Kier molecular flexibility index (Phi) is 14.5. The molecule has 4 aromatic carbocycles. The van der Waals surface area contributed by atoms with E-state index in [4.69, 9.17) is 5.73 Å². The highest BCUT2D eigenvalue weighted by atomic mass is 32.2. The molecule has 1 aromatic heterocycles. The van der Waals surface area contributed by atoms with Crippen LogP contribution in [0, 0.1) is 0 Å². The standard InChI is InChI=1S/C45H48N4O19S6/c1-44(2)39(48(17-5-19-69(51,52)53)35-13-10-30-32(41(35)44)21-28(71(57,58)59)23-37(30)73(63,64)65)15-8-26(34-12-7-27(25-47-34)43(46)50)9-16-40-45(3,4)42-33-22-29(72(60,61)62)24-38(74(66,67)68)31(33)11-14-36(42)49(40)18-6-20-70(54,55)56/h7-16,21-25,39H,5-6,17-20H2,1-4H3,(H2,46,50)(H,51,52,53)(H,54,55,56)(H,57,58,59)(H,60,61,62)(H,63,64,65)(H,66,67,68)/b15-8+,26-9?,40-16?. The Morgan fingerprint density at radius 3 is 1.59 bits per heavy atom. The van der Waals surface area contributed by atoms with Gasteiger partial charge in [0.15, 0.2) is 0 Å². The number of nitrogens with zero attached hydrogens (tertiary/aromatic N) is 3. The van der Waals surface area contributed by atoms with Crippen LogP contribution >= 0.6 is 0 Å². The van der Waals surface area contributed by atoms with Crippen LogP contribution in [0.2, 0.25) is 0 Å². The van der Waals surface area contributed by atoms with Crippen LogP contribution in [0.3, 0.4) is 0 Å². The molecule has 29 heteroatoms. The van der Waals surface area contributed by atoms with Crippen molar-refractivity contribution in [3.8, 4) is 0 Å². The molecule has 0 bridgehead atoms. The number of fused-ring (bicyclic) bond motifs is 6. The quantitative estimate of drug-likeness (QED) is 0.0485. The second-order valence-corrected chi connectivity index (χ2v) is 27.4. The number of hydrogen-bond acceptors (Lipinski definition) is 16. The number of amides is 1. The van der Waals surface area contributed by atoms with Gasteiger partial charge in [-0.2, -0.15) is 50.5 Å². The lowest BCUT2D eigenvalue weighted by atomic mass is 9.78. The Balaban J connectivity index is 1.48. The molecule has 398 valence electrons. The summed E-state index contributed by atoms with van der Waals surface area (Å²) in [4.78, 5) is 16.5. The zero-order valence-corrected chi connectivity index (χ0v) is 44.2. The van der Waals surface area contributed by atoms with Gasteiger partial charge in [0.2, 0.25) is 5.91 Å². The molecule has 2 aliphatic rings. The summed E-state index contributed by atoms with van der Waals surface area (Å²) < 4.78 is 209. The Bertz CT molecular complexity index is 4010. The van der Waals surface area contributed by atoms with Crippen molar-refractivity contribution >= 4 is 105 Å². The summed E-state index contributed by atoms with van der Waals surface area (Å²) in [7, 11) is -29.4. The molecule has 74 heavy (non-hydrogen) atoms. The van der Waals surface area contributed by atoms with E-state index in [2.05, 4.69) is 4.98 Å². The topological polar surface area (TPSA) is 389 Å². The molecule has 0 saturated carbocycles. The molecule has 0 saturated heterocycles. The summed E-state index contributed by atoms with van der Waals surface area (Å²) in [5.41, 5.74) is 5.09. The number of anilines is 2. The van der Waals surface area contributed by atoms with Crippen molar-refractivity contribution in [2.45, 2.75) is 77.0 Å². The predicted molar refractivity (Wildman–Crippen MR) is 272 cm³/mol. The third-order valence-electron chi connectivity index (χ3n) is 12.9. The maximum atomic E-state index is 12.7. The molecular weight excluding hydrogens is 1090 g/mol. The highest BCUT2D eigenvalue weighted by Crippen LogP contribution is 2.53.